The highest BCUT2D eigenvalue weighted by atomic mass is 35.5. The van der Waals surface area contributed by atoms with Crippen LogP contribution in [0.4, 0.5) is 11.4 Å². The summed E-state index contributed by atoms with van der Waals surface area (Å²) in [4.78, 5) is 35.2. The Hall–Kier alpha value is -3.64. The van der Waals surface area contributed by atoms with Crippen LogP contribution in [-0.4, -0.2) is 44.4 Å². The first-order valence-corrected chi connectivity index (χ1v) is 11.3. The molecule has 1 aromatic heterocycles. The smallest absolute Gasteiger partial charge is 0.271 e. The van der Waals surface area contributed by atoms with Crippen molar-refractivity contribution in [3.05, 3.63) is 69.0 Å². The van der Waals surface area contributed by atoms with Gasteiger partial charge in [-0.3, -0.25) is 19.7 Å². The number of nitrogens with one attached hydrogen (secondary N) is 2. The number of nitrogens with zero attached hydrogens (tertiary/aromatic N) is 4. The molecule has 13 heteroatoms. The third kappa shape index (κ3) is 6.02. The lowest BCUT2D eigenvalue weighted by molar-refractivity contribution is -0.384. The van der Waals surface area contributed by atoms with Gasteiger partial charge in [-0.2, -0.15) is 0 Å². The number of carbonyl (C=O) groups excluding carboxylic acids is 2. The molecule has 34 heavy (non-hydrogen) atoms. The molecule has 0 spiro atoms. The van der Waals surface area contributed by atoms with E-state index in [0.717, 1.165) is 11.8 Å². The summed E-state index contributed by atoms with van der Waals surface area (Å²) in [6.45, 7) is 1.77. The minimum Gasteiger partial charge on any atom is -0.497 e. The van der Waals surface area contributed by atoms with Crippen molar-refractivity contribution in [3.63, 3.8) is 0 Å². The number of anilines is 1. The fourth-order valence-corrected chi connectivity index (χ4v) is 3.84. The highest BCUT2D eigenvalue weighted by molar-refractivity contribution is 7.99. The van der Waals surface area contributed by atoms with Crippen LogP contribution in [-0.2, 0) is 11.8 Å². The Morgan fingerprint density at radius 1 is 1.24 bits per heavy atom. The summed E-state index contributed by atoms with van der Waals surface area (Å²) in [7, 11) is 3.27. The number of carbonyl (C=O) groups is 2. The third-order valence-corrected chi connectivity index (χ3v) is 6.07. The van der Waals surface area contributed by atoms with Gasteiger partial charge in [-0.05, 0) is 37.3 Å². The summed E-state index contributed by atoms with van der Waals surface area (Å²) in [5.41, 5.74) is 0.437. The van der Waals surface area contributed by atoms with Crippen LogP contribution in [0.25, 0.3) is 0 Å². The first kappa shape index (κ1) is 25.0. The second-order valence-corrected chi connectivity index (χ2v) is 8.43. The van der Waals surface area contributed by atoms with E-state index in [0.29, 0.717) is 22.3 Å². The van der Waals surface area contributed by atoms with Crippen LogP contribution in [0.2, 0.25) is 5.02 Å². The van der Waals surface area contributed by atoms with Crippen molar-refractivity contribution in [2.75, 3.05) is 18.2 Å². The highest BCUT2D eigenvalue weighted by Gasteiger charge is 2.19. The Labute approximate surface area is 204 Å². The molecule has 0 unspecified atom stereocenters. The van der Waals surface area contributed by atoms with Crippen LogP contribution in [0.15, 0.2) is 47.6 Å². The van der Waals surface area contributed by atoms with E-state index in [-0.39, 0.29) is 28.1 Å². The Balaban J connectivity index is 1.59. The van der Waals surface area contributed by atoms with Crippen molar-refractivity contribution in [3.8, 4) is 5.75 Å². The molecule has 0 radical (unpaired) electrons. The van der Waals surface area contributed by atoms with E-state index in [1.807, 2.05) is 0 Å². The molecule has 0 aliphatic heterocycles. The Morgan fingerprint density at radius 2 is 1.94 bits per heavy atom. The van der Waals surface area contributed by atoms with Crippen LogP contribution in [0, 0.1) is 10.1 Å². The minimum absolute atomic E-state index is 0.0302. The average molecular weight is 505 g/mol. The number of non-ortho nitro benzene ring substituents is 1. The molecule has 0 bridgehead atoms. The number of benzene rings is 2. The second-order valence-electron chi connectivity index (χ2n) is 7.08. The lowest BCUT2D eigenvalue weighted by atomic mass is 10.2. The second kappa shape index (κ2) is 11.0. The molecular weight excluding hydrogens is 484 g/mol. The van der Waals surface area contributed by atoms with Gasteiger partial charge in [0.1, 0.15) is 5.75 Å². The Kier molecular flexibility index (Phi) is 8.08. The molecular formula is C21H21ClN6O5S. The number of ether oxygens (including phenoxy) is 1. The fourth-order valence-electron chi connectivity index (χ4n) is 2.95. The Morgan fingerprint density at radius 3 is 2.59 bits per heavy atom. The third-order valence-electron chi connectivity index (χ3n) is 4.72. The molecule has 1 heterocycles. The maximum Gasteiger partial charge on any atom is 0.271 e. The van der Waals surface area contributed by atoms with Crippen LogP contribution in [0.5, 0.6) is 5.75 Å². The first-order valence-electron chi connectivity index (χ1n) is 9.90. The van der Waals surface area contributed by atoms with Gasteiger partial charge in [0, 0.05) is 24.7 Å². The summed E-state index contributed by atoms with van der Waals surface area (Å²) < 4.78 is 6.77. The van der Waals surface area contributed by atoms with Gasteiger partial charge < -0.3 is 19.9 Å². The van der Waals surface area contributed by atoms with Crippen molar-refractivity contribution in [2.45, 2.75) is 18.1 Å². The lowest BCUT2D eigenvalue weighted by Crippen LogP contribution is -2.28. The molecule has 178 valence electrons. The number of methoxy groups -OCH3 is 1. The number of hydrogen-bond acceptors (Lipinski definition) is 8. The zero-order valence-electron chi connectivity index (χ0n) is 18.4. The van der Waals surface area contributed by atoms with Crippen molar-refractivity contribution in [2.24, 2.45) is 7.05 Å². The molecule has 2 aromatic carbocycles. The average Bonchev–Trinajstić information content (AvgIpc) is 3.19. The van der Waals surface area contributed by atoms with Gasteiger partial charge in [-0.1, -0.05) is 23.4 Å². The van der Waals surface area contributed by atoms with Gasteiger partial charge in [-0.25, -0.2) is 0 Å². The predicted molar refractivity (Wildman–Crippen MR) is 127 cm³/mol. The van der Waals surface area contributed by atoms with E-state index >= 15 is 0 Å². The number of rotatable bonds is 9. The fraction of sp³-hybridized carbons (Fsp3) is 0.238. The number of halogens is 1. The maximum atomic E-state index is 12.5. The number of nitro benzene ring substituents is 1. The van der Waals surface area contributed by atoms with Crippen molar-refractivity contribution >= 4 is 46.6 Å². The summed E-state index contributed by atoms with van der Waals surface area (Å²) in [5, 5.41) is 25.2. The summed E-state index contributed by atoms with van der Waals surface area (Å²) in [6, 6.07) is 10.1. The molecule has 0 saturated carbocycles. The van der Waals surface area contributed by atoms with Gasteiger partial charge in [0.15, 0.2) is 11.0 Å². The standard InChI is InChI=1S/C21H21ClN6O5S/c1-12(23-20(30)13-4-7-15(33-3)8-5-13)19-25-26-21(27(19)2)34-11-18(29)24-17-10-14(28(31)32)6-9-16(17)22/h4-10,12H,11H2,1-3H3,(H,23,30)(H,24,29)/t12-/m0/s1. The van der Waals surface area contributed by atoms with Crippen LogP contribution in [0.3, 0.4) is 0 Å². The van der Waals surface area contributed by atoms with Gasteiger partial charge in [0.25, 0.3) is 11.6 Å². The molecule has 3 rings (SSSR count). The first-order chi connectivity index (χ1) is 16.2. The van der Waals surface area contributed by atoms with E-state index < -0.39 is 16.9 Å². The van der Waals surface area contributed by atoms with E-state index in [9.17, 15) is 19.7 Å². The number of aromatic nitrogens is 3. The van der Waals surface area contributed by atoms with Crippen LogP contribution >= 0.6 is 23.4 Å². The zero-order valence-corrected chi connectivity index (χ0v) is 20.0. The van der Waals surface area contributed by atoms with Gasteiger partial charge in [0.2, 0.25) is 5.91 Å². The zero-order chi connectivity index (χ0) is 24.8. The molecule has 3 aromatic rings. The normalized spacial score (nSPS) is 11.5. The van der Waals surface area contributed by atoms with E-state index in [1.54, 1.807) is 49.9 Å². The largest absolute Gasteiger partial charge is 0.497 e. The number of thioether (sulfide) groups is 1. The van der Waals surface area contributed by atoms with Crippen molar-refractivity contribution in [1.82, 2.24) is 20.1 Å². The number of nitro groups is 1. The molecule has 0 fully saturated rings. The molecule has 2 amide bonds. The molecule has 0 aliphatic rings. The highest BCUT2D eigenvalue weighted by Crippen LogP contribution is 2.27. The number of amides is 2. The van der Waals surface area contributed by atoms with Gasteiger partial charge in [-0.15, -0.1) is 10.2 Å². The molecule has 1 atom stereocenters. The van der Waals surface area contributed by atoms with E-state index in [4.69, 9.17) is 16.3 Å². The molecule has 0 aliphatic carbocycles. The summed E-state index contributed by atoms with van der Waals surface area (Å²) >= 11 is 7.14. The van der Waals surface area contributed by atoms with E-state index in [2.05, 4.69) is 20.8 Å². The van der Waals surface area contributed by atoms with Crippen LogP contribution in [0.1, 0.15) is 29.1 Å². The number of hydrogen-bond donors (Lipinski definition) is 2. The van der Waals surface area contributed by atoms with Crippen LogP contribution < -0.4 is 15.4 Å². The van der Waals surface area contributed by atoms with Crippen molar-refractivity contribution in [1.29, 1.82) is 0 Å². The topological polar surface area (TPSA) is 141 Å². The Bertz CT molecular complexity index is 1220. The maximum absolute atomic E-state index is 12.5. The quantitative estimate of drug-likeness (QED) is 0.256. The van der Waals surface area contributed by atoms with E-state index in [1.165, 1.54) is 18.2 Å². The molecule has 11 nitrogen and oxygen atoms in total. The monoisotopic (exact) mass is 504 g/mol. The lowest BCUT2D eigenvalue weighted by Gasteiger charge is -2.14. The summed E-state index contributed by atoms with van der Waals surface area (Å²) in [6.07, 6.45) is 0. The van der Waals surface area contributed by atoms with Gasteiger partial charge >= 0.3 is 0 Å². The van der Waals surface area contributed by atoms with Gasteiger partial charge in [0.05, 0.1) is 34.5 Å². The van der Waals surface area contributed by atoms with Crippen molar-refractivity contribution < 1.29 is 19.2 Å². The minimum atomic E-state index is -0.573. The SMILES string of the molecule is COc1ccc(C(=O)N[C@@H](C)c2nnc(SCC(=O)Nc3cc([N+](=O)[O-])ccc3Cl)n2C)cc1. The molecule has 2 N–H and O–H groups in total. The molecule has 0 saturated heterocycles. The summed E-state index contributed by atoms with van der Waals surface area (Å²) in [5.74, 6) is 0.429. The predicted octanol–water partition coefficient (Wildman–Crippen LogP) is 3.61.